The number of hydrogen-bond acceptors (Lipinski definition) is 5. The van der Waals surface area contributed by atoms with Gasteiger partial charge in [0.15, 0.2) is 5.65 Å². The van der Waals surface area contributed by atoms with Crippen molar-refractivity contribution in [1.29, 1.82) is 0 Å². The summed E-state index contributed by atoms with van der Waals surface area (Å²) in [5.41, 5.74) is -0.591. The largest absolute Gasteiger partial charge is 0.390 e. The maximum Gasteiger partial charge on any atom is 0.280 e. The predicted octanol–water partition coefficient (Wildman–Crippen LogP) is -0.314. The van der Waals surface area contributed by atoms with Crippen LogP contribution in [0, 0.1) is 0 Å². The van der Waals surface area contributed by atoms with Gasteiger partial charge in [0.25, 0.3) is 5.56 Å². The standard InChI is InChI=1S/C10H15N5O2/c1-10(2,17)4-5-15-9(16)7-6-11-14(3)8(7)12-13-15/h6,17H,4-5H2,1-3H3. The molecule has 0 saturated carbocycles. The molecule has 2 rings (SSSR count). The second-order valence-corrected chi connectivity index (χ2v) is 4.69. The molecule has 0 spiro atoms. The number of aliphatic hydroxyl groups is 1. The van der Waals surface area contributed by atoms with Crippen molar-refractivity contribution < 1.29 is 5.11 Å². The molecule has 0 fully saturated rings. The van der Waals surface area contributed by atoms with Crippen molar-refractivity contribution in [3.05, 3.63) is 16.6 Å². The maximum atomic E-state index is 12.0. The van der Waals surface area contributed by atoms with Crippen LogP contribution in [0.1, 0.15) is 20.3 Å². The van der Waals surface area contributed by atoms with E-state index in [0.717, 1.165) is 0 Å². The van der Waals surface area contributed by atoms with Crippen molar-refractivity contribution in [2.24, 2.45) is 7.05 Å². The van der Waals surface area contributed by atoms with Crippen LogP contribution >= 0.6 is 0 Å². The Bertz CT molecular complexity index is 593. The lowest BCUT2D eigenvalue weighted by Gasteiger charge is -2.16. The van der Waals surface area contributed by atoms with Gasteiger partial charge < -0.3 is 5.11 Å². The van der Waals surface area contributed by atoms with E-state index in [1.807, 2.05) is 0 Å². The Labute approximate surface area is 97.7 Å². The average molecular weight is 237 g/mol. The molecule has 0 amide bonds. The second kappa shape index (κ2) is 3.92. The third-order valence-corrected chi connectivity index (χ3v) is 2.56. The van der Waals surface area contributed by atoms with Gasteiger partial charge in [-0.2, -0.15) is 5.10 Å². The zero-order chi connectivity index (χ0) is 12.6. The van der Waals surface area contributed by atoms with Crippen LogP contribution in [0.3, 0.4) is 0 Å². The lowest BCUT2D eigenvalue weighted by molar-refractivity contribution is 0.0644. The molecule has 0 aliphatic heterocycles. The Morgan fingerprint density at radius 2 is 2.18 bits per heavy atom. The number of hydrogen-bond donors (Lipinski definition) is 1. The van der Waals surface area contributed by atoms with Crippen LogP contribution in [0.2, 0.25) is 0 Å². The van der Waals surface area contributed by atoms with Crippen molar-refractivity contribution in [3.63, 3.8) is 0 Å². The third-order valence-electron chi connectivity index (χ3n) is 2.56. The number of rotatable bonds is 3. The van der Waals surface area contributed by atoms with Crippen LogP contribution in [0.5, 0.6) is 0 Å². The van der Waals surface area contributed by atoms with E-state index in [4.69, 9.17) is 0 Å². The molecule has 2 aromatic heterocycles. The molecule has 7 nitrogen and oxygen atoms in total. The Hall–Kier alpha value is -1.76. The minimum absolute atomic E-state index is 0.229. The molecule has 2 aromatic rings. The first-order valence-corrected chi connectivity index (χ1v) is 5.36. The van der Waals surface area contributed by atoms with E-state index in [2.05, 4.69) is 15.4 Å². The zero-order valence-electron chi connectivity index (χ0n) is 10.1. The van der Waals surface area contributed by atoms with E-state index < -0.39 is 5.60 Å². The van der Waals surface area contributed by atoms with Crippen LogP contribution in [0.4, 0.5) is 0 Å². The molecule has 0 atom stereocenters. The zero-order valence-corrected chi connectivity index (χ0v) is 10.1. The number of nitrogens with zero attached hydrogens (tertiary/aromatic N) is 5. The quantitative estimate of drug-likeness (QED) is 0.791. The lowest BCUT2D eigenvalue weighted by atomic mass is 10.1. The number of fused-ring (bicyclic) bond motifs is 1. The van der Waals surface area contributed by atoms with Crippen LogP contribution in [0.25, 0.3) is 11.0 Å². The van der Waals surface area contributed by atoms with E-state index in [9.17, 15) is 9.90 Å². The molecule has 0 radical (unpaired) electrons. The van der Waals surface area contributed by atoms with E-state index in [1.54, 1.807) is 20.9 Å². The highest BCUT2D eigenvalue weighted by atomic mass is 16.3. The molecule has 0 unspecified atom stereocenters. The van der Waals surface area contributed by atoms with E-state index in [-0.39, 0.29) is 5.56 Å². The van der Waals surface area contributed by atoms with Gasteiger partial charge in [0.05, 0.1) is 11.8 Å². The summed E-state index contributed by atoms with van der Waals surface area (Å²) >= 11 is 0. The molecule has 0 aromatic carbocycles. The first-order chi connectivity index (χ1) is 7.88. The summed E-state index contributed by atoms with van der Waals surface area (Å²) in [6.45, 7) is 3.71. The summed E-state index contributed by atoms with van der Waals surface area (Å²) < 4.78 is 2.76. The summed E-state index contributed by atoms with van der Waals surface area (Å²) in [6.07, 6.45) is 1.92. The van der Waals surface area contributed by atoms with E-state index >= 15 is 0 Å². The summed E-state index contributed by atoms with van der Waals surface area (Å²) in [4.78, 5) is 12.0. The van der Waals surface area contributed by atoms with Gasteiger partial charge in [-0.25, -0.2) is 9.36 Å². The first kappa shape index (κ1) is 11.7. The van der Waals surface area contributed by atoms with Gasteiger partial charge in [0.2, 0.25) is 0 Å². The highest BCUT2D eigenvalue weighted by molar-refractivity contribution is 5.72. The monoisotopic (exact) mass is 237 g/mol. The summed E-state index contributed by atoms with van der Waals surface area (Å²) in [7, 11) is 1.71. The minimum Gasteiger partial charge on any atom is -0.390 e. The molecule has 2 heterocycles. The van der Waals surface area contributed by atoms with Gasteiger partial charge in [-0.1, -0.05) is 5.21 Å². The van der Waals surface area contributed by atoms with Gasteiger partial charge >= 0.3 is 0 Å². The Morgan fingerprint density at radius 1 is 1.47 bits per heavy atom. The van der Waals surface area contributed by atoms with Gasteiger partial charge in [0, 0.05) is 13.6 Å². The highest BCUT2D eigenvalue weighted by Crippen LogP contribution is 2.08. The average Bonchev–Trinajstić information content (AvgIpc) is 2.59. The summed E-state index contributed by atoms with van der Waals surface area (Å²) in [6, 6.07) is 0. The van der Waals surface area contributed by atoms with E-state index in [1.165, 1.54) is 15.6 Å². The predicted molar refractivity (Wildman–Crippen MR) is 61.5 cm³/mol. The van der Waals surface area contributed by atoms with Gasteiger partial charge in [0.1, 0.15) is 5.39 Å². The molecular weight excluding hydrogens is 222 g/mol. The third kappa shape index (κ3) is 2.33. The van der Waals surface area contributed by atoms with Crippen LogP contribution in [-0.2, 0) is 13.6 Å². The molecule has 1 N–H and O–H groups in total. The van der Waals surface area contributed by atoms with Crippen LogP contribution in [0.15, 0.2) is 11.0 Å². The summed E-state index contributed by atoms with van der Waals surface area (Å²) in [5, 5.41) is 21.8. The van der Waals surface area contributed by atoms with Crippen molar-refractivity contribution in [2.75, 3.05) is 0 Å². The maximum absolute atomic E-state index is 12.0. The smallest absolute Gasteiger partial charge is 0.280 e. The molecule has 7 heteroatoms. The molecule has 0 aliphatic carbocycles. The van der Waals surface area contributed by atoms with Gasteiger partial charge in [-0.05, 0) is 20.3 Å². The second-order valence-electron chi connectivity index (χ2n) is 4.69. The first-order valence-electron chi connectivity index (χ1n) is 5.36. The molecule has 17 heavy (non-hydrogen) atoms. The molecule has 0 aliphatic rings. The fourth-order valence-corrected chi connectivity index (χ4v) is 1.50. The number of aryl methyl sites for hydroxylation is 2. The fraction of sp³-hybridized carbons (Fsp3) is 0.600. The SMILES string of the molecule is Cn1ncc2c(=O)n(CCC(C)(C)O)nnc21. The minimum atomic E-state index is -0.828. The van der Waals surface area contributed by atoms with Crippen LogP contribution in [-0.4, -0.2) is 35.5 Å². The molecular formula is C10H15N5O2. The van der Waals surface area contributed by atoms with Crippen molar-refractivity contribution >= 4 is 11.0 Å². The topological polar surface area (TPSA) is 85.8 Å². The molecule has 0 saturated heterocycles. The van der Waals surface area contributed by atoms with Crippen LogP contribution < -0.4 is 5.56 Å². The fourth-order valence-electron chi connectivity index (χ4n) is 1.50. The Kier molecular flexibility index (Phi) is 2.70. The van der Waals surface area contributed by atoms with Crippen molar-refractivity contribution in [1.82, 2.24) is 24.8 Å². The Balaban J connectivity index is 2.37. The highest BCUT2D eigenvalue weighted by Gasteiger charge is 2.15. The van der Waals surface area contributed by atoms with E-state index in [0.29, 0.717) is 24.0 Å². The van der Waals surface area contributed by atoms with Crippen molar-refractivity contribution in [3.8, 4) is 0 Å². The van der Waals surface area contributed by atoms with Crippen molar-refractivity contribution in [2.45, 2.75) is 32.4 Å². The normalized spacial score (nSPS) is 12.2. The summed E-state index contributed by atoms with van der Waals surface area (Å²) in [5.74, 6) is 0. The van der Waals surface area contributed by atoms with Gasteiger partial charge in [-0.3, -0.25) is 4.79 Å². The molecule has 0 bridgehead atoms. The Morgan fingerprint density at radius 3 is 2.82 bits per heavy atom. The van der Waals surface area contributed by atoms with Gasteiger partial charge in [-0.15, -0.1) is 5.10 Å². The molecule has 92 valence electrons. The number of aromatic nitrogens is 5. The lowest BCUT2D eigenvalue weighted by Crippen LogP contribution is -2.29.